The normalized spacial score (nSPS) is 17.5. The first-order valence-electron chi connectivity index (χ1n) is 6.93. The second kappa shape index (κ2) is 6.69. The number of aliphatic hydroxyl groups excluding tert-OH is 1. The maximum atomic E-state index is 13.6. The van der Waals surface area contributed by atoms with Crippen molar-refractivity contribution in [2.24, 2.45) is 5.92 Å². The van der Waals surface area contributed by atoms with Crippen molar-refractivity contribution in [1.29, 1.82) is 0 Å². The Morgan fingerprint density at radius 2 is 1.83 bits per heavy atom. The Kier molecular flexibility index (Phi) is 5.08. The monoisotopic (exact) mass is 338 g/mol. The highest BCUT2D eigenvalue weighted by molar-refractivity contribution is 5.74. The molecule has 0 heterocycles. The predicted octanol–water partition coefficient (Wildman–Crippen LogP) is 2.64. The van der Waals surface area contributed by atoms with Gasteiger partial charge in [-0.15, -0.1) is 0 Å². The SMILES string of the molecule is O=C(NC[C@@H](O)C1CC1)N[C@H](c1c(F)cccc1F)C(F)(F)F. The first-order valence-corrected chi connectivity index (χ1v) is 6.93. The third-order valence-corrected chi connectivity index (χ3v) is 3.53. The highest BCUT2D eigenvalue weighted by Crippen LogP contribution is 2.35. The molecule has 1 aliphatic carbocycles. The van der Waals surface area contributed by atoms with Crippen molar-refractivity contribution in [3.8, 4) is 0 Å². The maximum Gasteiger partial charge on any atom is 0.413 e. The van der Waals surface area contributed by atoms with E-state index in [9.17, 15) is 31.9 Å². The van der Waals surface area contributed by atoms with Crippen LogP contribution >= 0.6 is 0 Å². The second-order valence-electron chi connectivity index (χ2n) is 5.37. The van der Waals surface area contributed by atoms with Gasteiger partial charge in [0.25, 0.3) is 0 Å². The van der Waals surface area contributed by atoms with Crippen LogP contribution in [0.25, 0.3) is 0 Å². The minimum absolute atomic E-state index is 0.0257. The lowest BCUT2D eigenvalue weighted by molar-refractivity contribution is -0.156. The molecule has 1 fully saturated rings. The van der Waals surface area contributed by atoms with Gasteiger partial charge in [0.15, 0.2) is 6.04 Å². The summed E-state index contributed by atoms with van der Waals surface area (Å²) in [6.45, 7) is -0.235. The zero-order chi connectivity index (χ0) is 17.2. The van der Waals surface area contributed by atoms with Crippen molar-refractivity contribution >= 4 is 6.03 Å². The largest absolute Gasteiger partial charge is 0.413 e. The molecule has 1 saturated carbocycles. The lowest BCUT2D eigenvalue weighted by Gasteiger charge is -2.23. The van der Waals surface area contributed by atoms with E-state index in [2.05, 4.69) is 5.32 Å². The smallest absolute Gasteiger partial charge is 0.391 e. The van der Waals surface area contributed by atoms with Gasteiger partial charge in [0, 0.05) is 6.54 Å². The van der Waals surface area contributed by atoms with Crippen LogP contribution in [0.3, 0.4) is 0 Å². The predicted molar refractivity (Wildman–Crippen MR) is 70.4 cm³/mol. The Morgan fingerprint density at radius 1 is 1.26 bits per heavy atom. The molecule has 128 valence electrons. The molecular formula is C14H15F5N2O2. The van der Waals surface area contributed by atoms with Crippen molar-refractivity contribution < 1.29 is 31.9 Å². The number of alkyl halides is 3. The van der Waals surface area contributed by atoms with E-state index in [0.717, 1.165) is 18.9 Å². The molecule has 1 aromatic rings. The number of urea groups is 1. The lowest BCUT2D eigenvalue weighted by atomic mass is 10.1. The van der Waals surface area contributed by atoms with E-state index < -0.39 is 41.6 Å². The van der Waals surface area contributed by atoms with Gasteiger partial charge in [0.05, 0.1) is 11.7 Å². The third-order valence-electron chi connectivity index (χ3n) is 3.53. The molecule has 1 aromatic carbocycles. The number of aliphatic hydroxyl groups is 1. The van der Waals surface area contributed by atoms with Gasteiger partial charge in [0.1, 0.15) is 11.6 Å². The summed E-state index contributed by atoms with van der Waals surface area (Å²) in [5.41, 5.74) is -1.28. The van der Waals surface area contributed by atoms with Gasteiger partial charge in [-0.2, -0.15) is 13.2 Å². The number of carbonyl (C=O) groups excluding carboxylic acids is 1. The van der Waals surface area contributed by atoms with Gasteiger partial charge < -0.3 is 15.7 Å². The van der Waals surface area contributed by atoms with Crippen LogP contribution in [0.15, 0.2) is 18.2 Å². The minimum atomic E-state index is -5.09. The summed E-state index contributed by atoms with van der Waals surface area (Å²) in [6, 6.07) is -1.83. The molecule has 23 heavy (non-hydrogen) atoms. The molecule has 0 radical (unpaired) electrons. The molecule has 2 atom stereocenters. The van der Waals surface area contributed by atoms with E-state index in [4.69, 9.17) is 0 Å². The highest BCUT2D eigenvalue weighted by atomic mass is 19.4. The van der Waals surface area contributed by atoms with Crippen molar-refractivity contribution in [3.63, 3.8) is 0 Å². The van der Waals surface area contributed by atoms with Crippen molar-refractivity contribution in [2.45, 2.75) is 31.2 Å². The summed E-state index contributed by atoms with van der Waals surface area (Å²) in [6.07, 6.45) is -4.36. The number of hydrogen-bond acceptors (Lipinski definition) is 2. The number of rotatable bonds is 5. The molecule has 3 N–H and O–H groups in total. The third kappa shape index (κ3) is 4.54. The van der Waals surface area contributed by atoms with Crippen LogP contribution < -0.4 is 10.6 Å². The number of carbonyl (C=O) groups is 1. The fourth-order valence-corrected chi connectivity index (χ4v) is 2.13. The molecule has 0 spiro atoms. The molecule has 0 bridgehead atoms. The van der Waals surface area contributed by atoms with Gasteiger partial charge in [-0.1, -0.05) is 6.07 Å². The van der Waals surface area contributed by atoms with E-state index in [1.807, 2.05) is 0 Å². The van der Waals surface area contributed by atoms with Crippen LogP contribution in [0.2, 0.25) is 0 Å². The van der Waals surface area contributed by atoms with Gasteiger partial charge in [-0.05, 0) is 30.9 Å². The summed E-state index contributed by atoms with van der Waals surface area (Å²) in [7, 11) is 0. The lowest BCUT2D eigenvalue weighted by Crippen LogP contribution is -2.46. The molecular weight excluding hydrogens is 323 g/mol. The van der Waals surface area contributed by atoms with E-state index in [0.29, 0.717) is 12.1 Å². The molecule has 2 amide bonds. The Bertz CT molecular complexity index is 555. The van der Waals surface area contributed by atoms with E-state index in [-0.39, 0.29) is 12.5 Å². The van der Waals surface area contributed by atoms with Crippen LogP contribution in [0.5, 0.6) is 0 Å². The standard InChI is InChI=1S/C14H15F5N2O2/c15-8-2-1-3-9(16)11(8)12(14(17,18)19)21-13(23)20-6-10(22)7-4-5-7/h1-3,7,10,12,22H,4-6H2,(H2,20,21,23)/t10-,12-/m1/s1. The second-order valence-corrected chi connectivity index (χ2v) is 5.37. The zero-order valence-electron chi connectivity index (χ0n) is 11.8. The Labute approximate surface area is 128 Å². The number of halogens is 5. The van der Waals surface area contributed by atoms with Crippen LogP contribution in [0, 0.1) is 17.6 Å². The zero-order valence-corrected chi connectivity index (χ0v) is 11.8. The Hall–Kier alpha value is -1.90. The summed E-state index contributed by atoms with van der Waals surface area (Å²) >= 11 is 0. The quantitative estimate of drug-likeness (QED) is 0.723. The van der Waals surface area contributed by atoms with E-state index >= 15 is 0 Å². The number of hydrogen-bond donors (Lipinski definition) is 3. The molecule has 2 rings (SSSR count). The minimum Gasteiger partial charge on any atom is -0.391 e. The van der Waals surface area contributed by atoms with E-state index in [1.54, 1.807) is 0 Å². The molecule has 0 aliphatic heterocycles. The van der Waals surface area contributed by atoms with Crippen LogP contribution in [0.4, 0.5) is 26.7 Å². The summed E-state index contributed by atoms with van der Waals surface area (Å²) in [5, 5.41) is 13.1. The first kappa shape index (κ1) is 17.5. The molecule has 0 aromatic heterocycles. The van der Waals surface area contributed by atoms with Crippen molar-refractivity contribution in [3.05, 3.63) is 35.4 Å². The molecule has 9 heteroatoms. The summed E-state index contributed by atoms with van der Waals surface area (Å²) in [4.78, 5) is 11.6. The Balaban J connectivity index is 2.08. The molecule has 1 aliphatic rings. The molecule has 4 nitrogen and oxygen atoms in total. The summed E-state index contributed by atoms with van der Waals surface area (Å²) in [5.74, 6) is -2.80. The van der Waals surface area contributed by atoms with Gasteiger partial charge in [0.2, 0.25) is 0 Å². The molecule has 0 unspecified atom stereocenters. The summed E-state index contributed by atoms with van der Waals surface area (Å²) < 4.78 is 66.2. The Morgan fingerprint density at radius 3 is 2.30 bits per heavy atom. The van der Waals surface area contributed by atoms with Crippen LogP contribution in [0.1, 0.15) is 24.4 Å². The van der Waals surface area contributed by atoms with Gasteiger partial charge in [-0.25, -0.2) is 13.6 Å². The van der Waals surface area contributed by atoms with E-state index in [1.165, 1.54) is 5.32 Å². The fraction of sp³-hybridized carbons (Fsp3) is 0.500. The van der Waals surface area contributed by atoms with Crippen molar-refractivity contribution in [1.82, 2.24) is 10.6 Å². The van der Waals surface area contributed by atoms with Crippen LogP contribution in [-0.2, 0) is 0 Å². The fourth-order valence-electron chi connectivity index (χ4n) is 2.13. The average Bonchev–Trinajstić information content (AvgIpc) is 3.27. The maximum absolute atomic E-state index is 13.6. The number of benzene rings is 1. The van der Waals surface area contributed by atoms with Gasteiger partial charge >= 0.3 is 12.2 Å². The van der Waals surface area contributed by atoms with Crippen LogP contribution in [-0.4, -0.2) is 30.0 Å². The highest BCUT2D eigenvalue weighted by Gasteiger charge is 2.45. The number of nitrogens with one attached hydrogen (secondary N) is 2. The van der Waals surface area contributed by atoms with Gasteiger partial charge in [-0.3, -0.25) is 0 Å². The average molecular weight is 338 g/mol. The molecule has 0 saturated heterocycles. The topological polar surface area (TPSA) is 61.4 Å². The van der Waals surface area contributed by atoms with Crippen molar-refractivity contribution in [2.75, 3.05) is 6.54 Å². The first-order chi connectivity index (χ1) is 10.7. The number of amides is 2.